The smallest absolute Gasteiger partial charge is 0.234 e. The number of amides is 1. The summed E-state index contributed by atoms with van der Waals surface area (Å²) in [4.78, 5) is 12.8. The molecule has 1 aromatic heterocycles. The van der Waals surface area contributed by atoms with E-state index in [1.54, 1.807) is 7.11 Å². The third-order valence-electron chi connectivity index (χ3n) is 5.35. The maximum Gasteiger partial charge on any atom is 0.234 e. The number of carbonyl (C=O) groups is 1. The zero-order valence-electron chi connectivity index (χ0n) is 19.1. The predicted octanol–water partition coefficient (Wildman–Crippen LogP) is 5.60. The first-order valence-electron chi connectivity index (χ1n) is 10.6. The lowest BCUT2D eigenvalue weighted by Gasteiger charge is -2.14. The Labute approximate surface area is 198 Å². The Morgan fingerprint density at radius 2 is 1.64 bits per heavy atom. The van der Waals surface area contributed by atoms with Crippen molar-refractivity contribution in [2.45, 2.75) is 25.9 Å². The molecule has 33 heavy (non-hydrogen) atoms. The molecular weight excluding hydrogens is 432 g/mol. The Kier molecular flexibility index (Phi) is 6.79. The maximum atomic E-state index is 12.8. The molecule has 0 atom stereocenters. The number of anilines is 1. The molecule has 1 N–H and O–H groups in total. The van der Waals surface area contributed by atoms with Crippen LogP contribution in [0.3, 0.4) is 0 Å². The average Bonchev–Trinajstić information content (AvgIpc) is 3.24. The minimum Gasteiger partial charge on any atom is -0.495 e. The van der Waals surface area contributed by atoms with Crippen molar-refractivity contribution in [2.24, 2.45) is 0 Å². The van der Waals surface area contributed by atoms with Gasteiger partial charge in [0.2, 0.25) is 5.91 Å². The van der Waals surface area contributed by atoms with E-state index in [1.807, 2.05) is 92.1 Å². The summed E-state index contributed by atoms with van der Waals surface area (Å²) in [6, 6.07) is 21.8. The summed E-state index contributed by atoms with van der Waals surface area (Å²) in [5.41, 5.74) is 5.85. The summed E-state index contributed by atoms with van der Waals surface area (Å²) in [5.74, 6) is 1.50. The highest BCUT2D eigenvalue weighted by Gasteiger charge is 2.20. The first kappa shape index (κ1) is 22.6. The van der Waals surface area contributed by atoms with Gasteiger partial charge in [-0.15, -0.1) is 10.2 Å². The number of thioether (sulfide) groups is 1. The van der Waals surface area contributed by atoms with E-state index >= 15 is 0 Å². The fourth-order valence-electron chi connectivity index (χ4n) is 3.60. The number of carbonyl (C=O) groups excluding carboxylic acids is 1. The molecule has 0 spiro atoms. The number of rotatable bonds is 7. The summed E-state index contributed by atoms with van der Waals surface area (Å²) in [6.45, 7) is 6.02. The van der Waals surface area contributed by atoms with Crippen molar-refractivity contribution >= 4 is 23.4 Å². The van der Waals surface area contributed by atoms with E-state index in [1.165, 1.54) is 17.3 Å². The quantitative estimate of drug-likeness (QED) is 0.365. The van der Waals surface area contributed by atoms with Crippen LogP contribution < -0.4 is 10.1 Å². The molecule has 6 nitrogen and oxygen atoms in total. The molecule has 0 saturated carbocycles. The van der Waals surface area contributed by atoms with E-state index in [0.717, 1.165) is 28.1 Å². The zero-order valence-corrected chi connectivity index (χ0v) is 19.9. The second-order valence-electron chi connectivity index (χ2n) is 7.78. The predicted molar refractivity (Wildman–Crippen MR) is 133 cm³/mol. The van der Waals surface area contributed by atoms with Crippen LogP contribution in [0.25, 0.3) is 17.1 Å². The van der Waals surface area contributed by atoms with Crippen molar-refractivity contribution in [2.75, 3.05) is 18.2 Å². The molecule has 0 saturated heterocycles. The van der Waals surface area contributed by atoms with E-state index in [0.29, 0.717) is 16.7 Å². The van der Waals surface area contributed by atoms with Gasteiger partial charge in [0.15, 0.2) is 11.0 Å². The van der Waals surface area contributed by atoms with E-state index in [2.05, 4.69) is 15.5 Å². The van der Waals surface area contributed by atoms with Gasteiger partial charge in [0, 0.05) is 11.3 Å². The van der Waals surface area contributed by atoms with Crippen molar-refractivity contribution < 1.29 is 9.53 Å². The molecule has 0 aliphatic carbocycles. The number of nitrogens with one attached hydrogen (secondary N) is 1. The first-order chi connectivity index (χ1) is 16.0. The highest BCUT2D eigenvalue weighted by Crippen LogP contribution is 2.32. The van der Waals surface area contributed by atoms with Crippen LogP contribution in [0.2, 0.25) is 0 Å². The minimum absolute atomic E-state index is 0.0936. The topological polar surface area (TPSA) is 69.0 Å². The molecule has 0 radical (unpaired) electrons. The summed E-state index contributed by atoms with van der Waals surface area (Å²) in [6.07, 6.45) is 0. The van der Waals surface area contributed by atoms with Gasteiger partial charge in [0.25, 0.3) is 0 Å². The van der Waals surface area contributed by atoms with Crippen LogP contribution in [0.4, 0.5) is 5.69 Å². The Balaban J connectivity index is 1.65. The lowest BCUT2D eigenvalue weighted by atomic mass is 10.1. The number of aromatic nitrogens is 3. The first-order valence-corrected chi connectivity index (χ1v) is 11.6. The minimum atomic E-state index is -0.0936. The van der Waals surface area contributed by atoms with Gasteiger partial charge in [0.05, 0.1) is 18.6 Å². The van der Waals surface area contributed by atoms with Crippen LogP contribution in [0.1, 0.15) is 16.7 Å². The second-order valence-corrected chi connectivity index (χ2v) is 8.73. The molecule has 4 aromatic rings. The fraction of sp³-hybridized carbons (Fsp3) is 0.192. The molecule has 168 valence electrons. The molecule has 4 rings (SSSR count). The van der Waals surface area contributed by atoms with Gasteiger partial charge in [-0.1, -0.05) is 71.9 Å². The van der Waals surface area contributed by atoms with Crippen molar-refractivity contribution in [1.29, 1.82) is 0 Å². The molecule has 7 heteroatoms. The van der Waals surface area contributed by atoms with E-state index in [-0.39, 0.29) is 11.7 Å². The molecule has 0 aliphatic heterocycles. The zero-order chi connectivity index (χ0) is 23.4. The summed E-state index contributed by atoms with van der Waals surface area (Å²) in [5, 5.41) is 12.5. The van der Waals surface area contributed by atoms with E-state index in [9.17, 15) is 4.79 Å². The number of ether oxygens (including phenoxy) is 1. The van der Waals surface area contributed by atoms with Gasteiger partial charge in [-0.05, 0) is 44.0 Å². The Morgan fingerprint density at radius 3 is 2.33 bits per heavy atom. The van der Waals surface area contributed by atoms with Crippen LogP contribution in [-0.4, -0.2) is 33.5 Å². The Hall–Kier alpha value is -3.58. The fourth-order valence-corrected chi connectivity index (χ4v) is 4.35. The summed E-state index contributed by atoms with van der Waals surface area (Å²) in [7, 11) is 1.64. The summed E-state index contributed by atoms with van der Waals surface area (Å²) >= 11 is 1.34. The van der Waals surface area contributed by atoms with Crippen molar-refractivity contribution in [3.8, 4) is 22.8 Å². The Bertz CT molecular complexity index is 1260. The number of para-hydroxylation sites is 3. The van der Waals surface area contributed by atoms with Crippen LogP contribution in [0.5, 0.6) is 5.75 Å². The third kappa shape index (κ3) is 4.93. The number of hydrogen-bond donors (Lipinski definition) is 1. The Morgan fingerprint density at radius 1 is 0.939 bits per heavy atom. The lowest BCUT2D eigenvalue weighted by molar-refractivity contribution is -0.113. The molecular formula is C26H26N4O2S. The van der Waals surface area contributed by atoms with Crippen LogP contribution in [-0.2, 0) is 4.79 Å². The molecule has 0 fully saturated rings. The van der Waals surface area contributed by atoms with Crippen molar-refractivity contribution in [1.82, 2.24) is 14.8 Å². The largest absolute Gasteiger partial charge is 0.495 e. The van der Waals surface area contributed by atoms with Gasteiger partial charge in [0.1, 0.15) is 5.75 Å². The molecule has 1 heterocycles. The molecule has 3 aromatic carbocycles. The number of benzene rings is 3. The second kappa shape index (κ2) is 9.92. The van der Waals surface area contributed by atoms with Crippen molar-refractivity contribution in [3.05, 3.63) is 83.4 Å². The van der Waals surface area contributed by atoms with E-state index in [4.69, 9.17) is 4.74 Å². The number of hydrogen-bond acceptors (Lipinski definition) is 5. The van der Waals surface area contributed by atoms with Gasteiger partial charge in [-0.25, -0.2) is 0 Å². The third-order valence-corrected chi connectivity index (χ3v) is 6.28. The van der Waals surface area contributed by atoms with Crippen LogP contribution in [0.15, 0.2) is 71.9 Å². The molecule has 0 bridgehead atoms. The number of methoxy groups -OCH3 is 1. The molecule has 0 aliphatic rings. The monoisotopic (exact) mass is 458 g/mol. The SMILES string of the molecule is COc1ccccc1-n1c(SCC(=O)Nc2c(C)cccc2C)nnc1-c1ccc(C)cc1. The standard InChI is InChI=1S/C26H26N4O2S/c1-17-12-14-20(15-13-17)25-28-29-26(30(25)21-10-5-6-11-22(21)32-4)33-16-23(31)27-24-18(2)8-7-9-19(24)3/h5-15H,16H2,1-4H3,(H,27,31). The van der Waals surface area contributed by atoms with Crippen molar-refractivity contribution in [3.63, 3.8) is 0 Å². The highest BCUT2D eigenvalue weighted by atomic mass is 32.2. The molecule has 1 amide bonds. The highest BCUT2D eigenvalue weighted by molar-refractivity contribution is 7.99. The summed E-state index contributed by atoms with van der Waals surface area (Å²) < 4.78 is 7.55. The lowest BCUT2D eigenvalue weighted by Crippen LogP contribution is -2.16. The van der Waals surface area contributed by atoms with Gasteiger partial charge >= 0.3 is 0 Å². The van der Waals surface area contributed by atoms with Gasteiger partial charge in [-0.3, -0.25) is 9.36 Å². The number of aryl methyl sites for hydroxylation is 3. The molecule has 0 unspecified atom stereocenters. The average molecular weight is 459 g/mol. The van der Waals surface area contributed by atoms with Crippen LogP contribution in [0, 0.1) is 20.8 Å². The van der Waals surface area contributed by atoms with Crippen LogP contribution >= 0.6 is 11.8 Å². The normalized spacial score (nSPS) is 10.8. The van der Waals surface area contributed by atoms with E-state index < -0.39 is 0 Å². The van der Waals surface area contributed by atoms with Gasteiger partial charge in [-0.2, -0.15) is 0 Å². The maximum absolute atomic E-state index is 12.8. The number of nitrogens with zero attached hydrogens (tertiary/aromatic N) is 3. The van der Waals surface area contributed by atoms with Gasteiger partial charge < -0.3 is 10.1 Å².